The minimum absolute atomic E-state index is 0.0155. The average molecular weight is 435 g/mol. The number of hydrogen-bond donors (Lipinski definition) is 1. The zero-order chi connectivity index (χ0) is 22.6. The summed E-state index contributed by atoms with van der Waals surface area (Å²) in [5.74, 6) is 0.233. The highest BCUT2D eigenvalue weighted by molar-refractivity contribution is 6.31. The standard InChI is InChI=1S/C21H27ClN4O4/c1-12(2)26(13(3)4)20(28)11-25-14(5)23-18(10-19(25)27)16-8-7-15(22)9-17(16)24-21(29)30-6/h7-10,12-13H,11H2,1-6H3,(H,24,29). The molecule has 1 aromatic carbocycles. The van der Waals surface area contributed by atoms with Crippen molar-refractivity contribution in [3.8, 4) is 11.3 Å². The van der Waals surface area contributed by atoms with Crippen LogP contribution in [0.1, 0.15) is 33.5 Å². The first-order valence-corrected chi connectivity index (χ1v) is 9.97. The number of carbonyl (C=O) groups is 2. The molecule has 0 aliphatic heterocycles. The number of rotatable bonds is 6. The second kappa shape index (κ2) is 9.75. The molecule has 2 amide bonds. The van der Waals surface area contributed by atoms with Gasteiger partial charge in [-0.05, 0) is 52.8 Å². The number of amides is 2. The van der Waals surface area contributed by atoms with Crippen molar-refractivity contribution in [3.63, 3.8) is 0 Å². The van der Waals surface area contributed by atoms with E-state index in [1.807, 2.05) is 27.7 Å². The Bertz CT molecular complexity index is 993. The molecule has 30 heavy (non-hydrogen) atoms. The topological polar surface area (TPSA) is 93.5 Å². The number of aromatic nitrogens is 2. The maximum atomic E-state index is 12.8. The van der Waals surface area contributed by atoms with Crippen LogP contribution < -0.4 is 10.9 Å². The molecule has 2 aromatic rings. The van der Waals surface area contributed by atoms with E-state index in [0.717, 1.165) is 0 Å². The Morgan fingerprint density at radius 1 is 1.20 bits per heavy atom. The van der Waals surface area contributed by atoms with Gasteiger partial charge in [0.2, 0.25) is 5.91 Å². The van der Waals surface area contributed by atoms with Gasteiger partial charge in [0.15, 0.2) is 0 Å². The van der Waals surface area contributed by atoms with Crippen LogP contribution in [0, 0.1) is 6.92 Å². The number of carbonyl (C=O) groups excluding carboxylic acids is 2. The molecule has 0 atom stereocenters. The minimum Gasteiger partial charge on any atom is -0.453 e. The van der Waals surface area contributed by atoms with Crippen LogP contribution >= 0.6 is 11.6 Å². The molecule has 162 valence electrons. The van der Waals surface area contributed by atoms with Gasteiger partial charge in [0.05, 0.1) is 18.5 Å². The molecular formula is C21H27ClN4O4. The Morgan fingerprint density at radius 2 is 1.83 bits per heavy atom. The molecule has 0 aliphatic rings. The molecule has 0 fully saturated rings. The van der Waals surface area contributed by atoms with E-state index in [0.29, 0.717) is 27.8 Å². The first-order chi connectivity index (χ1) is 14.0. The number of ether oxygens (including phenoxy) is 1. The molecule has 0 bridgehead atoms. The third kappa shape index (κ3) is 5.38. The number of hydrogen-bond acceptors (Lipinski definition) is 5. The Balaban J connectivity index is 2.44. The monoisotopic (exact) mass is 434 g/mol. The Morgan fingerprint density at radius 3 is 2.37 bits per heavy atom. The van der Waals surface area contributed by atoms with Crippen LogP contribution in [-0.2, 0) is 16.1 Å². The summed E-state index contributed by atoms with van der Waals surface area (Å²) in [5, 5.41) is 2.98. The molecule has 8 nitrogen and oxygen atoms in total. The molecule has 1 heterocycles. The molecule has 0 aliphatic carbocycles. The number of halogens is 1. The number of methoxy groups -OCH3 is 1. The molecule has 1 N–H and O–H groups in total. The summed E-state index contributed by atoms with van der Waals surface area (Å²) in [6, 6.07) is 6.20. The summed E-state index contributed by atoms with van der Waals surface area (Å²) in [5.41, 5.74) is 0.862. The molecule has 0 radical (unpaired) electrons. The lowest BCUT2D eigenvalue weighted by Crippen LogP contribution is -2.45. The second-order valence-corrected chi connectivity index (χ2v) is 7.84. The van der Waals surface area contributed by atoms with Gasteiger partial charge in [0, 0.05) is 28.7 Å². The SMILES string of the molecule is COC(=O)Nc1cc(Cl)ccc1-c1cc(=O)n(CC(=O)N(C(C)C)C(C)C)c(C)n1. The van der Waals surface area contributed by atoms with Gasteiger partial charge in [-0.2, -0.15) is 0 Å². The van der Waals surface area contributed by atoms with Crippen molar-refractivity contribution >= 4 is 29.3 Å². The summed E-state index contributed by atoms with van der Waals surface area (Å²) < 4.78 is 5.97. The third-order valence-corrected chi connectivity index (χ3v) is 4.81. The number of anilines is 1. The van der Waals surface area contributed by atoms with E-state index in [9.17, 15) is 14.4 Å². The van der Waals surface area contributed by atoms with Crippen LogP contribution in [-0.4, -0.2) is 45.6 Å². The summed E-state index contributed by atoms with van der Waals surface area (Å²) in [7, 11) is 1.25. The Kier molecular flexibility index (Phi) is 7.61. The Hall–Kier alpha value is -2.87. The Labute approximate surface area is 180 Å². The largest absolute Gasteiger partial charge is 0.453 e. The summed E-state index contributed by atoms with van der Waals surface area (Å²) in [6.07, 6.45) is -0.670. The summed E-state index contributed by atoms with van der Waals surface area (Å²) >= 11 is 6.04. The van der Waals surface area contributed by atoms with Gasteiger partial charge < -0.3 is 9.64 Å². The summed E-state index contributed by atoms with van der Waals surface area (Å²) in [4.78, 5) is 43.4. The number of benzene rings is 1. The van der Waals surface area contributed by atoms with E-state index >= 15 is 0 Å². The van der Waals surface area contributed by atoms with Crippen molar-refractivity contribution in [2.24, 2.45) is 0 Å². The van der Waals surface area contributed by atoms with Crippen LogP contribution in [0.4, 0.5) is 10.5 Å². The maximum absolute atomic E-state index is 12.8. The van der Waals surface area contributed by atoms with Crippen LogP contribution in [0.5, 0.6) is 0 Å². The second-order valence-electron chi connectivity index (χ2n) is 7.41. The van der Waals surface area contributed by atoms with Crippen molar-refractivity contribution in [2.45, 2.75) is 53.2 Å². The van der Waals surface area contributed by atoms with Crippen molar-refractivity contribution in [1.82, 2.24) is 14.5 Å². The van der Waals surface area contributed by atoms with E-state index in [2.05, 4.69) is 15.0 Å². The molecule has 9 heteroatoms. The van der Waals surface area contributed by atoms with Gasteiger partial charge in [-0.25, -0.2) is 9.78 Å². The van der Waals surface area contributed by atoms with Crippen LogP contribution in [0.2, 0.25) is 5.02 Å². The van der Waals surface area contributed by atoms with E-state index in [4.69, 9.17) is 11.6 Å². The molecular weight excluding hydrogens is 408 g/mol. The van der Waals surface area contributed by atoms with Gasteiger partial charge in [0.25, 0.3) is 5.56 Å². The number of nitrogens with zero attached hydrogens (tertiary/aromatic N) is 3. The van der Waals surface area contributed by atoms with Gasteiger partial charge in [-0.15, -0.1) is 0 Å². The minimum atomic E-state index is -0.670. The highest BCUT2D eigenvalue weighted by Crippen LogP contribution is 2.29. The predicted octanol–water partition coefficient (Wildman–Crippen LogP) is 3.70. The maximum Gasteiger partial charge on any atom is 0.411 e. The molecule has 0 saturated carbocycles. The predicted molar refractivity (Wildman–Crippen MR) is 117 cm³/mol. The first kappa shape index (κ1) is 23.4. The zero-order valence-electron chi connectivity index (χ0n) is 18.0. The van der Waals surface area contributed by atoms with Crippen molar-refractivity contribution in [2.75, 3.05) is 12.4 Å². The first-order valence-electron chi connectivity index (χ1n) is 9.59. The molecule has 0 spiro atoms. The number of nitrogens with one attached hydrogen (secondary N) is 1. The highest BCUT2D eigenvalue weighted by atomic mass is 35.5. The smallest absolute Gasteiger partial charge is 0.411 e. The molecule has 2 rings (SSSR count). The fraction of sp³-hybridized carbons (Fsp3) is 0.429. The van der Waals surface area contributed by atoms with Crippen LogP contribution in [0.25, 0.3) is 11.3 Å². The normalized spacial score (nSPS) is 11.0. The van der Waals surface area contributed by atoms with Crippen molar-refractivity contribution in [1.29, 1.82) is 0 Å². The number of aryl methyl sites for hydroxylation is 1. The van der Waals surface area contributed by atoms with Gasteiger partial charge in [0.1, 0.15) is 12.4 Å². The molecule has 0 saturated heterocycles. The molecule has 0 unspecified atom stereocenters. The van der Waals surface area contributed by atoms with Gasteiger partial charge >= 0.3 is 6.09 Å². The third-order valence-electron chi connectivity index (χ3n) is 4.57. The molecule has 1 aromatic heterocycles. The van der Waals surface area contributed by atoms with E-state index < -0.39 is 6.09 Å². The van der Waals surface area contributed by atoms with Crippen molar-refractivity contribution < 1.29 is 14.3 Å². The summed E-state index contributed by atoms with van der Waals surface area (Å²) in [6.45, 7) is 9.31. The fourth-order valence-electron chi connectivity index (χ4n) is 3.35. The quantitative estimate of drug-likeness (QED) is 0.748. The average Bonchev–Trinajstić information content (AvgIpc) is 2.64. The van der Waals surface area contributed by atoms with Crippen molar-refractivity contribution in [3.05, 3.63) is 45.5 Å². The van der Waals surface area contributed by atoms with Gasteiger partial charge in [-0.1, -0.05) is 11.6 Å². The van der Waals surface area contributed by atoms with Crippen LogP contribution in [0.15, 0.2) is 29.1 Å². The lowest BCUT2D eigenvalue weighted by molar-refractivity contribution is -0.135. The fourth-order valence-corrected chi connectivity index (χ4v) is 3.52. The zero-order valence-corrected chi connectivity index (χ0v) is 18.8. The van der Waals surface area contributed by atoms with E-state index in [1.54, 1.807) is 30.0 Å². The lowest BCUT2D eigenvalue weighted by atomic mass is 10.1. The van der Waals surface area contributed by atoms with E-state index in [-0.39, 0.29) is 30.1 Å². The van der Waals surface area contributed by atoms with Crippen LogP contribution in [0.3, 0.4) is 0 Å². The lowest BCUT2D eigenvalue weighted by Gasteiger charge is -2.31. The van der Waals surface area contributed by atoms with Gasteiger partial charge in [-0.3, -0.25) is 19.5 Å². The highest BCUT2D eigenvalue weighted by Gasteiger charge is 2.22. The van der Waals surface area contributed by atoms with E-state index in [1.165, 1.54) is 17.7 Å².